The summed E-state index contributed by atoms with van der Waals surface area (Å²) in [5, 5.41) is 4.35. The molecule has 0 aromatic carbocycles. The number of imide groups is 1. The first-order valence-corrected chi connectivity index (χ1v) is 7.70. The second-order valence-corrected chi connectivity index (χ2v) is 6.50. The summed E-state index contributed by atoms with van der Waals surface area (Å²) in [5.41, 5.74) is 5.85. The maximum Gasteiger partial charge on any atom is 0.318 e. The Balaban J connectivity index is 2.26. The van der Waals surface area contributed by atoms with E-state index in [-0.39, 0.29) is 5.92 Å². The minimum atomic E-state index is -0.842. The van der Waals surface area contributed by atoms with Gasteiger partial charge in [0, 0.05) is 0 Å². The van der Waals surface area contributed by atoms with E-state index < -0.39 is 17.2 Å². The highest BCUT2D eigenvalue weighted by Crippen LogP contribution is 2.33. The summed E-state index contributed by atoms with van der Waals surface area (Å²) in [7, 11) is 0. The van der Waals surface area contributed by atoms with E-state index >= 15 is 0 Å². The Morgan fingerprint density at radius 1 is 1.40 bits per heavy atom. The highest BCUT2D eigenvalue weighted by Gasteiger charge is 2.26. The molecule has 3 N–H and O–H groups in total. The number of thioether (sulfide) groups is 1. The molecule has 2 aromatic rings. The third kappa shape index (κ3) is 3.26. The van der Waals surface area contributed by atoms with Crippen LogP contribution < -0.4 is 11.1 Å². The number of primary amides is 1. The first-order valence-electron chi connectivity index (χ1n) is 5.94. The number of nitrogens with one attached hydrogen (secondary N) is 1. The minimum absolute atomic E-state index is 0.0318. The summed E-state index contributed by atoms with van der Waals surface area (Å²) >= 11 is 2.84. The molecule has 0 fully saturated rings. The van der Waals surface area contributed by atoms with Crippen LogP contribution in [-0.2, 0) is 4.79 Å². The van der Waals surface area contributed by atoms with Gasteiger partial charge in [0.15, 0.2) is 0 Å². The number of hydrogen-bond acceptors (Lipinski definition) is 6. The number of carbonyl (C=O) groups is 2. The molecule has 2 aromatic heterocycles. The highest BCUT2D eigenvalue weighted by atomic mass is 32.2. The number of carbonyl (C=O) groups excluding carboxylic acids is 2. The summed E-state index contributed by atoms with van der Waals surface area (Å²) in [6.07, 6.45) is 1.47. The van der Waals surface area contributed by atoms with Gasteiger partial charge in [-0.05, 0) is 17.4 Å². The first-order chi connectivity index (χ1) is 9.49. The Kier molecular flexibility index (Phi) is 4.56. The molecule has 8 heteroatoms. The maximum absolute atomic E-state index is 12.0. The van der Waals surface area contributed by atoms with Gasteiger partial charge in [-0.15, -0.1) is 11.3 Å². The summed E-state index contributed by atoms with van der Waals surface area (Å²) in [6, 6.07) is 1.06. The van der Waals surface area contributed by atoms with Crippen LogP contribution in [0.2, 0.25) is 0 Å². The molecule has 106 valence electrons. The van der Waals surface area contributed by atoms with Gasteiger partial charge in [0.2, 0.25) is 5.91 Å². The molecule has 2 heterocycles. The van der Waals surface area contributed by atoms with E-state index in [9.17, 15) is 9.59 Å². The zero-order valence-electron chi connectivity index (χ0n) is 11.0. The molecular weight excluding hydrogens is 296 g/mol. The van der Waals surface area contributed by atoms with Gasteiger partial charge in [-0.2, -0.15) is 0 Å². The summed E-state index contributed by atoms with van der Waals surface area (Å²) < 4.78 is 0.940. The molecule has 0 unspecified atom stereocenters. The van der Waals surface area contributed by atoms with E-state index in [1.807, 2.05) is 25.3 Å². The van der Waals surface area contributed by atoms with Gasteiger partial charge >= 0.3 is 6.03 Å². The van der Waals surface area contributed by atoms with E-state index in [1.165, 1.54) is 29.4 Å². The number of urea groups is 1. The van der Waals surface area contributed by atoms with Gasteiger partial charge in [-0.1, -0.05) is 25.6 Å². The molecule has 0 saturated heterocycles. The quantitative estimate of drug-likeness (QED) is 0.665. The van der Waals surface area contributed by atoms with Gasteiger partial charge in [-0.25, -0.2) is 14.8 Å². The number of amides is 3. The van der Waals surface area contributed by atoms with Crippen LogP contribution in [0, 0.1) is 5.92 Å². The Morgan fingerprint density at radius 2 is 2.15 bits per heavy atom. The molecule has 0 spiro atoms. The van der Waals surface area contributed by atoms with Crippen molar-refractivity contribution >= 4 is 45.3 Å². The van der Waals surface area contributed by atoms with Gasteiger partial charge in [0.25, 0.3) is 0 Å². The van der Waals surface area contributed by atoms with Crippen molar-refractivity contribution < 1.29 is 9.59 Å². The van der Waals surface area contributed by atoms with Crippen LogP contribution in [0.3, 0.4) is 0 Å². The molecule has 0 aliphatic heterocycles. The summed E-state index contributed by atoms with van der Waals surface area (Å²) in [5.74, 6) is -0.370. The van der Waals surface area contributed by atoms with Crippen LogP contribution in [0.4, 0.5) is 4.79 Å². The normalized spacial score (nSPS) is 12.6. The fraction of sp³-hybridized carbons (Fsp3) is 0.333. The lowest BCUT2D eigenvalue weighted by atomic mass is 10.1. The predicted octanol–water partition coefficient (Wildman–Crippen LogP) is 2.00. The van der Waals surface area contributed by atoms with E-state index in [2.05, 4.69) is 15.3 Å². The number of nitrogens with zero attached hydrogens (tertiary/aromatic N) is 2. The van der Waals surface area contributed by atoms with E-state index in [0.29, 0.717) is 0 Å². The Morgan fingerprint density at radius 3 is 2.80 bits per heavy atom. The number of hydrogen-bond donors (Lipinski definition) is 2. The van der Waals surface area contributed by atoms with E-state index in [4.69, 9.17) is 5.73 Å². The Labute approximate surface area is 124 Å². The largest absolute Gasteiger partial charge is 0.351 e. The van der Waals surface area contributed by atoms with Crippen molar-refractivity contribution in [3.63, 3.8) is 0 Å². The Hall–Kier alpha value is -1.67. The predicted molar refractivity (Wildman–Crippen MR) is 79.6 cm³/mol. The second kappa shape index (κ2) is 6.19. The number of aromatic nitrogens is 2. The van der Waals surface area contributed by atoms with E-state index in [0.717, 1.165) is 15.2 Å². The van der Waals surface area contributed by atoms with Gasteiger partial charge in [-0.3, -0.25) is 10.1 Å². The van der Waals surface area contributed by atoms with Crippen LogP contribution in [0.15, 0.2) is 22.8 Å². The zero-order chi connectivity index (χ0) is 14.7. The van der Waals surface area contributed by atoms with Crippen molar-refractivity contribution in [2.24, 2.45) is 11.7 Å². The average molecular weight is 310 g/mol. The van der Waals surface area contributed by atoms with Crippen molar-refractivity contribution in [2.45, 2.75) is 24.1 Å². The molecule has 2 rings (SSSR count). The van der Waals surface area contributed by atoms with Gasteiger partial charge < -0.3 is 5.73 Å². The molecule has 0 aliphatic rings. The van der Waals surface area contributed by atoms with Crippen molar-refractivity contribution in [3.8, 4) is 0 Å². The lowest BCUT2D eigenvalue weighted by Crippen LogP contribution is -2.42. The van der Waals surface area contributed by atoms with Crippen LogP contribution in [0.5, 0.6) is 0 Å². The molecule has 1 atom stereocenters. The summed E-state index contributed by atoms with van der Waals surface area (Å²) in [6.45, 7) is 3.82. The third-order valence-corrected chi connectivity index (χ3v) is 5.14. The van der Waals surface area contributed by atoms with Gasteiger partial charge in [0.1, 0.15) is 11.4 Å². The number of fused-ring (bicyclic) bond motifs is 1. The smallest absolute Gasteiger partial charge is 0.318 e. The first kappa shape index (κ1) is 14.7. The van der Waals surface area contributed by atoms with Crippen molar-refractivity contribution in [3.05, 3.63) is 17.8 Å². The molecule has 3 amide bonds. The summed E-state index contributed by atoms with van der Waals surface area (Å²) in [4.78, 5) is 31.2. The topological polar surface area (TPSA) is 98.0 Å². The minimum Gasteiger partial charge on any atom is -0.351 e. The monoisotopic (exact) mass is 310 g/mol. The van der Waals surface area contributed by atoms with Crippen molar-refractivity contribution in [1.29, 1.82) is 0 Å². The van der Waals surface area contributed by atoms with Crippen LogP contribution >= 0.6 is 23.1 Å². The van der Waals surface area contributed by atoms with Gasteiger partial charge in [0.05, 0.1) is 15.5 Å². The van der Waals surface area contributed by atoms with Crippen LogP contribution in [0.25, 0.3) is 10.2 Å². The van der Waals surface area contributed by atoms with E-state index in [1.54, 1.807) is 0 Å². The number of nitrogens with two attached hydrogens (primary N) is 1. The highest BCUT2D eigenvalue weighted by molar-refractivity contribution is 8.00. The zero-order valence-corrected chi connectivity index (χ0v) is 12.6. The second-order valence-electron chi connectivity index (χ2n) is 4.45. The maximum atomic E-state index is 12.0. The number of thiophene rings is 1. The van der Waals surface area contributed by atoms with Crippen LogP contribution in [0.1, 0.15) is 13.8 Å². The molecule has 0 aliphatic carbocycles. The van der Waals surface area contributed by atoms with Crippen molar-refractivity contribution in [2.75, 3.05) is 0 Å². The molecule has 20 heavy (non-hydrogen) atoms. The fourth-order valence-corrected chi connectivity index (χ4v) is 3.67. The van der Waals surface area contributed by atoms with Crippen molar-refractivity contribution in [1.82, 2.24) is 15.3 Å². The molecule has 0 saturated carbocycles. The van der Waals surface area contributed by atoms with Crippen LogP contribution in [-0.4, -0.2) is 27.2 Å². The molecule has 6 nitrogen and oxygen atoms in total. The molecule has 0 radical (unpaired) electrons. The lowest BCUT2D eigenvalue weighted by Gasteiger charge is -2.18. The number of rotatable bonds is 4. The Bertz CT molecular complexity index is 641. The molecular formula is C12H14N4O2S2. The standard InChI is InChI=1S/C12H14N4O2S2/c1-6(2)8(10(17)16-12(13)18)20-11-9-7(3-4-19-9)14-5-15-11/h3-6,8H,1-2H3,(H3,13,16,17,18)/t8-/m0/s1. The molecule has 0 bridgehead atoms. The SMILES string of the molecule is CC(C)[C@H](Sc1ncnc2ccsc12)C(=O)NC(N)=O. The third-order valence-electron chi connectivity index (χ3n) is 2.56. The lowest BCUT2D eigenvalue weighted by molar-refractivity contribution is -0.120. The fourth-order valence-electron chi connectivity index (χ4n) is 1.66. The average Bonchev–Trinajstić information content (AvgIpc) is 2.83.